The summed E-state index contributed by atoms with van der Waals surface area (Å²) in [4.78, 5) is 26.1. The van der Waals surface area contributed by atoms with Gasteiger partial charge in [-0.2, -0.15) is 0 Å². The number of ketones is 2. The molecule has 35 heavy (non-hydrogen) atoms. The molecule has 5 rings (SSSR count). The maximum Gasteiger partial charge on any atom is 0.169 e. The Kier molecular flexibility index (Phi) is 5.62. The molecule has 0 aromatic heterocycles. The van der Waals surface area contributed by atoms with Crippen molar-refractivity contribution in [3.05, 3.63) is 11.6 Å². The Morgan fingerprint density at radius 1 is 1.14 bits per heavy atom. The van der Waals surface area contributed by atoms with Gasteiger partial charge in [-0.3, -0.25) is 9.59 Å². The summed E-state index contributed by atoms with van der Waals surface area (Å²) in [7, 11) is 0. The number of epoxide rings is 1. The van der Waals surface area contributed by atoms with Crippen LogP contribution in [0.25, 0.3) is 0 Å². The summed E-state index contributed by atoms with van der Waals surface area (Å²) < 4.78 is 5.99. The molecule has 0 radical (unpaired) electrons. The lowest BCUT2D eigenvalue weighted by atomic mass is 9.45. The summed E-state index contributed by atoms with van der Waals surface area (Å²) >= 11 is 0. The van der Waals surface area contributed by atoms with Gasteiger partial charge in [0.1, 0.15) is 11.9 Å². The Labute approximate surface area is 207 Å². The van der Waals surface area contributed by atoms with E-state index in [1.165, 1.54) is 0 Å². The number of aliphatic hydroxyl groups excluding tert-OH is 2. The topological polar surface area (TPSA) is 128 Å². The number of carbonyl (C=O) groups excluding carboxylic acids is 2. The van der Waals surface area contributed by atoms with Crippen molar-refractivity contribution in [3.8, 4) is 0 Å². The molecule has 4 N–H and O–H groups in total. The van der Waals surface area contributed by atoms with Crippen LogP contribution in [0.15, 0.2) is 11.6 Å². The Balaban J connectivity index is 1.51. The Bertz CT molecular complexity index is 967. The molecule has 3 saturated carbocycles. The number of hydrogen-bond donors (Lipinski definition) is 4. The molecule has 1 saturated heterocycles. The lowest BCUT2D eigenvalue weighted by molar-refractivity contribution is -0.183. The number of fused-ring (bicyclic) bond motifs is 5. The third-order valence-electron chi connectivity index (χ3n) is 11.3. The monoisotopic (exact) mass is 490 g/mol. The number of hydrogen-bond acceptors (Lipinski definition) is 7. The fraction of sp³-hybridized carbons (Fsp3) is 0.857. The molecule has 7 nitrogen and oxygen atoms in total. The average Bonchev–Trinajstić information content (AvgIpc) is 3.52. The zero-order valence-corrected chi connectivity index (χ0v) is 21.8. The van der Waals surface area contributed by atoms with E-state index in [4.69, 9.17) is 4.74 Å². The first kappa shape index (κ1) is 25.5. The minimum atomic E-state index is -1.52. The van der Waals surface area contributed by atoms with Crippen molar-refractivity contribution in [2.24, 2.45) is 40.4 Å². The smallest absolute Gasteiger partial charge is 0.169 e. The Morgan fingerprint density at radius 3 is 2.43 bits per heavy atom. The van der Waals surface area contributed by atoms with Crippen LogP contribution in [0.1, 0.15) is 73.6 Å². The van der Waals surface area contributed by atoms with Gasteiger partial charge < -0.3 is 25.2 Å². The first-order chi connectivity index (χ1) is 16.1. The highest BCUT2D eigenvalue weighted by Crippen LogP contribution is 2.68. The van der Waals surface area contributed by atoms with E-state index in [1.807, 2.05) is 26.8 Å². The summed E-state index contributed by atoms with van der Waals surface area (Å²) in [5, 5.41) is 45.7. The van der Waals surface area contributed by atoms with Gasteiger partial charge in [0.15, 0.2) is 5.78 Å². The molecule has 1 aliphatic heterocycles. The Hall–Kier alpha value is -1.12. The van der Waals surface area contributed by atoms with Crippen LogP contribution in [-0.2, 0) is 14.3 Å². The van der Waals surface area contributed by atoms with Gasteiger partial charge >= 0.3 is 0 Å². The molecule has 0 amide bonds. The summed E-state index contributed by atoms with van der Waals surface area (Å²) in [5.41, 5.74) is -3.57. The number of ether oxygens (including phenoxy) is 1. The molecule has 4 aliphatic carbocycles. The van der Waals surface area contributed by atoms with Crippen LogP contribution >= 0.6 is 0 Å². The lowest BCUT2D eigenvalue weighted by Crippen LogP contribution is -2.67. The second kappa shape index (κ2) is 7.70. The maximum atomic E-state index is 13.9. The van der Waals surface area contributed by atoms with Gasteiger partial charge in [-0.1, -0.05) is 33.8 Å². The van der Waals surface area contributed by atoms with Crippen LogP contribution in [0, 0.1) is 40.4 Å². The second-order valence-electron chi connectivity index (χ2n) is 13.4. The van der Waals surface area contributed by atoms with Gasteiger partial charge in [-0.15, -0.1) is 0 Å². The van der Waals surface area contributed by atoms with Crippen LogP contribution in [0.2, 0.25) is 0 Å². The molecular formula is C28H42O7. The van der Waals surface area contributed by atoms with E-state index in [2.05, 4.69) is 0 Å². The van der Waals surface area contributed by atoms with Crippen LogP contribution in [0.3, 0.4) is 0 Å². The van der Waals surface area contributed by atoms with Gasteiger partial charge in [0, 0.05) is 42.4 Å². The molecule has 12 atom stereocenters. The van der Waals surface area contributed by atoms with Crippen LogP contribution < -0.4 is 0 Å². The van der Waals surface area contributed by atoms with E-state index in [0.717, 1.165) is 0 Å². The van der Waals surface area contributed by atoms with Gasteiger partial charge in [0.2, 0.25) is 0 Å². The fourth-order valence-corrected chi connectivity index (χ4v) is 8.66. The normalized spacial score (nSPS) is 51.1. The molecule has 5 aliphatic rings. The van der Waals surface area contributed by atoms with Crippen molar-refractivity contribution in [2.45, 2.75) is 109 Å². The summed E-state index contributed by atoms with van der Waals surface area (Å²) in [6, 6.07) is 0. The zero-order chi connectivity index (χ0) is 25.9. The maximum absolute atomic E-state index is 13.9. The summed E-state index contributed by atoms with van der Waals surface area (Å²) in [6.07, 6.45) is 1.25. The first-order valence-electron chi connectivity index (χ1n) is 13.3. The van der Waals surface area contributed by atoms with Gasteiger partial charge in [0.05, 0.1) is 29.5 Å². The van der Waals surface area contributed by atoms with Crippen molar-refractivity contribution in [2.75, 3.05) is 0 Å². The molecule has 1 heterocycles. The Morgan fingerprint density at radius 2 is 1.80 bits per heavy atom. The minimum absolute atomic E-state index is 0.0200. The predicted molar refractivity (Wildman–Crippen MR) is 128 cm³/mol. The van der Waals surface area contributed by atoms with E-state index < -0.39 is 46.1 Å². The standard InChI is InChI=1S/C28H42O7/c1-13(22-23(35-22)14(2)25(3,4)33)19-18(30)12-28(34)17-8-7-15-11-16(29)9-10-26(15,5)20(17)21(31)24(32)27(19,28)6/h8,13-15,18-20,22-24,30,32-34H,7,9-12H2,1-6H3/t13-,14-,15?,18-,19-,20+,22-,23+,24-,26-,27-,28-/m0/s1. The average molecular weight is 491 g/mol. The van der Waals surface area contributed by atoms with Gasteiger partial charge in [-0.25, -0.2) is 0 Å². The number of allylic oxidation sites excluding steroid dienone is 1. The van der Waals surface area contributed by atoms with E-state index in [1.54, 1.807) is 20.8 Å². The van der Waals surface area contributed by atoms with E-state index in [0.29, 0.717) is 31.3 Å². The van der Waals surface area contributed by atoms with Crippen LogP contribution in [-0.4, -0.2) is 67.6 Å². The highest BCUT2D eigenvalue weighted by molar-refractivity contribution is 5.93. The van der Waals surface area contributed by atoms with Gasteiger partial charge in [0.25, 0.3) is 0 Å². The molecule has 0 aromatic carbocycles. The third-order valence-corrected chi connectivity index (χ3v) is 11.3. The highest BCUT2D eigenvalue weighted by Gasteiger charge is 2.75. The molecule has 0 aromatic rings. The summed E-state index contributed by atoms with van der Waals surface area (Å²) in [6.45, 7) is 11.2. The third kappa shape index (κ3) is 3.27. The van der Waals surface area contributed by atoms with Crippen LogP contribution in [0.4, 0.5) is 0 Å². The van der Waals surface area contributed by atoms with Crippen molar-refractivity contribution in [1.82, 2.24) is 0 Å². The lowest BCUT2D eigenvalue weighted by Gasteiger charge is -2.60. The quantitative estimate of drug-likeness (QED) is 0.351. The molecule has 4 fully saturated rings. The molecule has 196 valence electrons. The van der Waals surface area contributed by atoms with Crippen LogP contribution in [0.5, 0.6) is 0 Å². The number of rotatable bonds is 4. The molecule has 7 heteroatoms. The van der Waals surface area contributed by atoms with Crippen molar-refractivity contribution >= 4 is 11.6 Å². The highest BCUT2D eigenvalue weighted by atomic mass is 16.6. The summed E-state index contributed by atoms with van der Waals surface area (Å²) in [5.74, 6) is -1.64. The SMILES string of the molecule is C[C@H]([C@@H]1O[C@@H]1[C@H](C)C(C)(C)O)[C@H]1[C@@H](O)C[C@]2(O)C3=CCC4CC(=O)CC[C@]4(C)[C@H]3C(=O)[C@H](O)[C@]12C. The number of Topliss-reactive ketones (excluding diaryl/α,β-unsaturated/α-hetero) is 2. The van der Waals surface area contributed by atoms with E-state index in [9.17, 15) is 30.0 Å². The zero-order valence-electron chi connectivity index (χ0n) is 21.8. The van der Waals surface area contributed by atoms with Crippen molar-refractivity contribution < 1.29 is 34.8 Å². The number of aliphatic hydroxyl groups is 4. The fourth-order valence-electron chi connectivity index (χ4n) is 8.66. The number of carbonyl (C=O) groups is 2. The predicted octanol–water partition coefficient (Wildman–Crippen LogP) is 2.18. The molecular weight excluding hydrogens is 448 g/mol. The van der Waals surface area contributed by atoms with Gasteiger partial charge in [-0.05, 0) is 49.5 Å². The first-order valence-corrected chi connectivity index (χ1v) is 13.3. The second-order valence-corrected chi connectivity index (χ2v) is 13.4. The molecule has 0 spiro atoms. The van der Waals surface area contributed by atoms with E-state index in [-0.39, 0.29) is 47.9 Å². The minimum Gasteiger partial charge on any atom is -0.393 e. The molecule has 1 unspecified atom stereocenters. The van der Waals surface area contributed by atoms with Crippen molar-refractivity contribution in [1.29, 1.82) is 0 Å². The van der Waals surface area contributed by atoms with Crippen molar-refractivity contribution in [3.63, 3.8) is 0 Å². The molecule has 0 bridgehead atoms. The largest absolute Gasteiger partial charge is 0.393 e. The van der Waals surface area contributed by atoms with E-state index >= 15 is 0 Å².